The Bertz CT molecular complexity index is 4430. The Labute approximate surface area is 436 Å². The van der Waals surface area contributed by atoms with Crippen molar-refractivity contribution in [3.8, 4) is 44.5 Å². The lowest BCUT2D eigenvalue weighted by Gasteiger charge is -2.30. The highest BCUT2D eigenvalue weighted by Crippen LogP contribution is 2.47. The summed E-state index contributed by atoms with van der Waals surface area (Å²) in [4.78, 5) is 4.87. The highest BCUT2D eigenvalue weighted by Gasteiger charge is 2.22. The molecule has 0 aliphatic carbocycles. The van der Waals surface area contributed by atoms with Gasteiger partial charge in [-0.2, -0.15) is 0 Å². The van der Waals surface area contributed by atoms with Crippen molar-refractivity contribution in [3.63, 3.8) is 0 Å². The van der Waals surface area contributed by atoms with Gasteiger partial charge in [0.1, 0.15) is 11.2 Å². The van der Waals surface area contributed by atoms with Gasteiger partial charge in [-0.15, -0.1) is 0 Å². The Morgan fingerprint density at radius 2 is 0.667 bits per heavy atom. The van der Waals surface area contributed by atoms with Crippen molar-refractivity contribution < 1.29 is 4.42 Å². The molecule has 0 radical (unpaired) electrons. The number of hydrogen-bond donors (Lipinski definition) is 0. The Hall–Kier alpha value is -9.96. The number of hydrogen-bond acceptors (Lipinski definition) is 3. The fourth-order valence-electron chi connectivity index (χ4n) is 11.1. The van der Waals surface area contributed by atoms with E-state index in [9.17, 15) is 0 Å². The Kier molecular flexibility index (Phi) is 10.8. The third-order valence-corrected chi connectivity index (χ3v) is 14.8. The van der Waals surface area contributed by atoms with Gasteiger partial charge in [-0.3, -0.25) is 0 Å². The molecule has 3 nitrogen and oxygen atoms in total. The predicted molar refractivity (Wildman–Crippen MR) is 317 cm³/mol. The normalized spacial score (nSPS) is 11.5. The molecule has 14 rings (SSSR count). The Morgan fingerprint density at radius 3 is 1.43 bits per heavy atom. The van der Waals surface area contributed by atoms with E-state index in [1.807, 2.05) is 12.1 Å². The minimum Gasteiger partial charge on any atom is -0.456 e. The molecule has 352 valence electrons. The first kappa shape index (κ1) is 43.8. The molecule has 75 heavy (non-hydrogen) atoms. The molecule has 13 aromatic carbocycles. The maximum Gasteiger partial charge on any atom is 0.136 e. The van der Waals surface area contributed by atoms with Crippen LogP contribution in [0.1, 0.15) is 0 Å². The summed E-state index contributed by atoms with van der Waals surface area (Å²) in [5.74, 6) is 0. The van der Waals surface area contributed by atoms with Gasteiger partial charge in [0.25, 0.3) is 0 Å². The van der Waals surface area contributed by atoms with Gasteiger partial charge in [-0.05, 0) is 139 Å². The molecule has 0 bridgehead atoms. The molecule has 0 N–H and O–H groups in total. The standard InChI is InChI=1S/C72H48N2O/c1-2-16-49(17-3-1)50-34-36-51(37-35-50)54-22-12-24-60(45-54)73(68-31-14-20-52-18-4-6-26-63(52)68)61-25-13-23-59(47-61)65-28-8-10-30-69(65)74(70-32-15-21-53-19-5-7-27-64(53)70)62-42-40-56-44-55(38-39-57(56)46-62)58-41-43-67-66-29-9-11-33-71(66)75-72(67)48-58/h1-48H. The Morgan fingerprint density at radius 1 is 0.213 bits per heavy atom. The van der Waals surface area contributed by atoms with E-state index in [1.165, 1.54) is 43.6 Å². The minimum atomic E-state index is 0.899. The average Bonchev–Trinajstić information content (AvgIpc) is 3.88. The Balaban J connectivity index is 0.886. The lowest BCUT2D eigenvalue weighted by molar-refractivity contribution is 0.669. The molecule has 0 atom stereocenters. The summed E-state index contributed by atoms with van der Waals surface area (Å²) in [5, 5.41) is 9.34. The van der Waals surface area contributed by atoms with E-state index < -0.39 is 0 Å². The second-order valence-corrected chi connectivity index (χ2v) is 19.3. The van der Waals surface area contributed by atoms with Gasteiger partial charge in [-0.1, -0.05) is 212 Å². The van der Waals surface area contributed by atoms with Gasteiger partial charge in [0.05, 0.1) is 17.1 Å². The van der Waals surface area contributed by atoms with Crippen molar-refractivity contribution in [1.29, 1.82) is 0 Å². The number of rotatable bonds is 10. The van der Waals surface area contributed by atoms with Gasteiger partial charge >= 0.3 is 0 Å². The van der Waals surface area contributed by atoms with Crippen molar-refractivity contribution in [3.05, 3.63) is 291 Å². The molecule has 0 fully saturated rings. The van der Waals surface area contributed by atoms with E-state index in [1.54, 1.807) is 0 Å². The predicted octanol–water partition coefficient (Wildman–Crippen LogP) is 20.7. The zero-order valence-corrected chi connectivity index (χ0v) is 41.0. The first-order valence-corrected chi connectivity index (χ1v) is 25.6. The van der Waals surface area contributed by atoms with Crippen molar-refractivity contribution in [2.45, 2.75) is 0 Å². The van der Waals surface area contributed by atoms with Crippen LogP contribution in [0.2, 0.25) is 0 Å². The second-order valence-electron chi connectivity index (χ2n) is 19.3. The van der Waals surface area contributed by atoms with E-state index >= 15 is 0 Å². The summed E-state index contributed by atoms with van der Waals surface area (Å²) in [6.07, 6.45) is 0. The van der Waals surface area contributed by atoms with Crippen LogP contribution in [0, 0.1) is 0 Å². The molecule has 3 heteroatoms. The van der Waals surface area contributed by atoms with Gasteiger partial charge in [0.2, 0.25) is 0 Å². The van der Waals surface area contributed by atoms with E-state index in [2.05, 4.69) is 289 Å². The third kappa shape index (κ3) is 8.04. The monoisotopic (exact) mass is 956 g/mol. The highest BCUT2D eigenvalue weighted by molar-refractivity contribution is 6.07. The average molecular weight is 957 g/mol. The lowest BCUT2D eigenvalue weighted by Crippen LogP contribution is -2.12. The molecule has 0 saturated carbocycles. The van der Waals surface area contributed by atoms with Gasteiger partial charge < -0.3 is 14.2 Å². The van der Waals surface area contributed by atoms with E-state index in [0.29, 0.717) is 0 Å². The van der Waals surface area contributed by atoms with Crippen LogP contribution in [0.4, 0.5) is 34.1 Å². The largest absolute Gasteiger partial charge is 0.456 e. The molecule has 0 spiro atoms. The lowest BCUT2D eigenvalue weighted by atomic mass is 9.97. The maximum atomic E-state index is 6.30. The first-order valence-electron chi connectivity index (χ1n) is 25.6. The molecule has 0 unspecified atom stereocenters. The number of anilines is 6. The van der Waals surface area contributed by atoms with Crippen LogP contribution in [-0.4, -0.2) is 0 Å². The molecule has 0 aliphatic heterocycles. The first-order chi connectivity index (χ1) is 37.2. The van der Waals surface area contributed by atoms with Gasteiger partial charge in [0.15, 0.2) is 0 Å². The number of para-hydroxylation sites is 2. The smallest absolute Gasteiger partial charge is 0.136 e. The number of nitrogens with zero attached hydrogens (tertiary/aromatic N) is 2. The summed E-state index contributed by atoms with van der Waals surface area (Å²) in [5.41, 5.74) is 17.6. The van der Waals surface area contributed by atoms with Crippen LogP contribution in [-0.2, 0) is 0 Å². The van der Waals surface area contributed by atoms with Gasteiger partial charge in [-0.25, -0.2) is 0 Å². The summed E-state index contributed by atoms with van der Waals surface area (Å²) < 4.78 is 6.30. The topological polar surface area (TPSA) is 19.6 Å². The quantitative estimate of drug-likeness (QED) is 0.136. The number of fused-ring (bicyclic) bond motifs is 6. The maximum absolute atomic E-state index is 6.30. The van der Waals surface area contributed by atoms with Crippen LogP contribution >= 0.6 is 0 Å². The third-order valence-electron chi connectivity index (χ3n) is 14.8. The summed E-state index contributed by atoms with van der Waals surface area (Å²) in [6.45, 7) is 0. The van der Waals surface area contributed by atoms with Crippen molar-refractivity contribution in [1.82, 2.24) is 0 Å². The minimum absolute atomic E-state index is 0.899. The molecule has 1 aromatic heterocycles. The fraction of sp³-hybridized carbons (Fsp3) is 0. The summed E-state index contributed by atoms with van der Waals surface area (Å²) in [7, 11) is 0. The summed E-state index contributed by atoms with van der Waals surface area (Å²) in [6, 6.07) is 105. The zero-order chi connectivity index (χ0) is 49.7. The highest BCUT2D eigenvalue weighted by atomic mass is 16.3. The SMILES string of the molecule is c1ccc(-c2ccc(-c3cccc(N(c4cccc(-c5ccccc5N(c5ccc6cc(-c7ccc8c(c7)oc7ccccc78)ccc6c5)c5cccc6ccccc56)c4)c4cccc5ccccc45)c3)cc2)cc1. The molecule has 0 saturated heterocycles. The second kappa shape index (κ2) is 18.6. The van der Waals surface area contributed by atoms with Crippen LogP contribution in [0.5, 0.6) is 0 Å². The molecule has 14 aromatic rings. The molecular formula is C72H48N2O. The van der Waals surface area contributed by atoms with E-state index in [-0.39, 0.29) is 0 Å². The van der Waals surface area contributed by atoms with Crippen LogP contribution in [0.3, 0.4) is 0 Å². The van der Waals surface area contributed by atoms with Crippen molar-refractivity contribution >= 4 is 88.4 Å². The number of furan rings is 1. The van der Waals surface area contributed by atoms with Gasteiger partial charge in [0, 0.05) is 44.2 Å². The molecular weight excluding hydrogens is 909 g/mol. The van der Waals surface area contributed by atoms with E-state index in [0.717, 1.165) is 89.3 Å². The zero-order valence-electron chi connectivity index (χ0n) is 41.0. The molecule has 0 amide bonds. The van der Waals surface area contributed by atoms with Crippen LogP contribution < -0.4 is 9.80 Å². The van der Waals surface area contributed by atoms with Crippen LogP contribution in [0.25, 0.3) is 98.8 Å². The molecule has 0 aliphatic rings. The van der Waals surface area contributed by atoms with Crippen molar-refractivity contribution in [2.75, 3.05) is 9.80 Å². The summed E-state index contributed by atoms with van der Waals surface area (Å²) >= 11 is 0. The fourth-order valence-corrected chi connectivity index (χ4v) is 11.1. The van der Waals surface area contributed by atoms with Crippen LogP contribution in [0.15, 0.2) is 296 Å². The molecule has 1 heterocycles. The number of benzene rings is 13. The van der Waals surface area contributed by atoms with E-state index in [4.69, 9.17) is 4.42 Å². The van der Waals surface area contributed by atoms with Crippen molar-refractivity contribution in [2.24, 2.45) is 0 Å².